The standard InChI is InChI=1S/C13H14ClNO/c1-15-7-6-13(16)11(9-15)8-10-2-4-12(14)5-3-10/h2-5,8H,6-7,9H2,1H3/b11-8+. The molecule has 1 aliphatic rings. The Balaban J connectivity index is 2.22. The first-order valence-corrected chi connectivity index (χ1v) is 5.71. The summed E-state index contributed by atoms with van der Waals surface area (Å²) in [7, 11) is 2.03. The van der Waals surface area contributed by atoms with Gasteiger partial charge in [-0.15, -0.1) is 0 Å². The Hall–Kier alpha value is -1.12. The number of nitrogens with zero attached hydrogens (tertiary/aromatic N) is 1. The molecule has 0 amide bonds. The number of halogens is 1. The summed E-state index contributed by atoms with van der Waals surface area (Å²) in [5, 5.41) is 0.717. The number of hydrogen-bond donors (Lipinski definition) is 0. The molecule has 0 spiro atoms. The monoisotopic (exact) mass is 235 g/mol. The van der Waals surface area contributed by atoms with E-state index in [0.717, 1.165) is 24.2 Å². The number of carbonyl (C=O) groups is 1. The second-order valence-electron chi connectivity index (χ2n) is 4.13. The van der Waals surface area contributed by atoms with Crippen LogP contribution >= 0.6 is 11.6 Å². The fraction of sp³-hybridized carbons (Fsp3) is 0.308. The average molecular weight is 236 g/mol. The molecule has 3 heteroatoms. The predicted molar refractivity (Wildman–Crippen MR) is 66.6 cm³/mol. The maximum Gasteiger partial charge on any atom is 0.161 e. The predicted octanol–water partition coefficient (Wildman–Crippen LogP) is 2.63. The van der Waals surface area contributed by atoms with E-state index in [1.54, 1.807) is 0 Å². The molecule has 0 aliphatic carbocycles. The lowest BCUT2D eigenvalue weighted by atomic mass is 10.0. The number of ketones is 1. The van der Waals surface area contributed by atoms with Crippen LogP contribution in [-0.2, 0) is 4.79 Å². The van der Waals surface area contributed by atoms with Crippen molar-refractivity contribution in [2.75, 3.05) is 20.1 Å². The van der Waals surface area contributed by atoms with Gasteiger partial charge in [0.05, 0.1) is 0 Å². The molecule has 0 aromatic heterocycles. The van der Waals surface area contributed by atoms with Gasteiger partial charge in [0.2, 0.25) is 0 Å². The number of rotatable bonds is 1. The van der Waals surface area contributed by atoms with Gasteiger partial charge in [-0.3, -0.25) is 4.79 Å². The van der Waals surface area contributed by atoms with E-state index in [0.29, 0.717) is 11.4 Å². The molecule has 0 saturated carbocycles. The van der Waals surface area contributed by atoms with Crippen molar-refractivity contribution in [1.82, 2.24) is 4.90 Å². The zero-order valence-electron chi connectivity index (χ0n) is 9.24. The smallest absolute Gasteiger partial charge is 0.161 e. The van der Waals surface area contributed by atoms with Crippen LogP contribution in [0.4, 0.5) is 0 Å². The van der Waals surface area contributed by atoms with Crippen LogP contribution in [0.1, 0.15) is 12.0 Å². The van der Waals surface area contributed by atoms with E-state index in [-0.39, 0.29) is 5.78 Å². The van der Waals surface area contributed by atoms with Crippen molar-refractivity contribution in [2.24, 2.45) is 0 Å². The molecule has 0 bridgehead atoms. The summed E-state index contributed by atoms with van der Waals surface area (Å²) < 4.78 is 0. The normalized spacial score (nSPS) is 20.4. The molecule has 1 fully saturated rings. The van der Waals surface area contributed by atoms with Crippen LogP contribution in [-0.4, -0.2) is 30.8 Å². The minimum Gasteiger partial charge on any atom is -0.302 e. The van der Waals surface area contributed by atoms with E-state index in [1.165, 1.54) is 0 Å². The third-order valence-corrected chi connectivity index (χ3v) is 2.98. The Labute approximate surface area is 101 Å². The maximum atomic E-state index is 11.7. The molecule has 2 rings (SSSR count). The first-order chi connectivity index (χ1) is 7.65. The second-order valence-corrected chi connectivity index (χ2v) is 4.57. The molecule has 0 radical (unpaired) electrons. The third kappa shape index (κ3) is 2.71. The summed E-state index contributed by atoms with van der Waals surface area (Å²) in [4.78, 5) is 13.8. The molecular formula is C13H14ClNO. The largest absolute Gasteiger partial charge is 0.302 e. The van der Waals surface area contributed by atoms with E-state index in [2.05, 4.69) is 4.90 Å². The molecule has 2 nitrogen and oxygen atoms in total. The van der Waals surface area contributed by atoms with Gasteiger partial charge in [0.15, 0.2) is 5.78 Å². The molecule has 1 saturated heterocycles. The number of hydrogen-bond acceptors (Lipinski definition) is 2. The zero-order valence-corrected chi connectivity index (χ0v) is 10.00. The van der Waals surface area contributed by atoms with Gasteiger partial charge < -0.3 is 4.90 Å². The molecule has 1 aromatic rings. The lowest BCUT2D eigenvalue weighted by Gasteiger charge is -2.23. The summed E-state index contributed by atoms with van der Waals surface area (Å²) in [5.41, 5.74) is 1.92. The quantitative estimate of drug-likeness (QED) is 0.698. The van der Waals surface area contributed by atoms with Crippen molar-refractivity contribution in [3.05, 3.63) is 40.4 Å². The Morgan fingerprint density at radius 3 is 2.69 bits per heavy atom. The van der Waals surface area contributed by atoms with E-state index in [1.807, 2.05) is 37.4 Å². The van der Waals surface area contributed by atoms with Crippen molar-refractivity contribution in [1.29, 1.82) is 0 Å². The topological polar surface area (TPSA) is 20.3 Å². The highest BCUT2D eigenvalue weighted by molar-refractivity contribution is 6.30. The van der Waals surface area contributed by atoms with Gasteiger partial charge in [0, 0.05) is 30.1 Å². The summed E-state index contributed by atoms with van der Waals surface area (Å²) in [6, 6.07) is 7.53. The molecule has 1 aliphatic heterocycles. The van der Waals surface area contributed by atoms with Gasteiger partial charge >= 0.3 is 0 Å². The Morgan fingerprint density at radius 1 is 1.31 bits per heavy atom. The van der Waals surface area contributed by atoms with Crippen LogP contribution in [0.15, 0.2) is 29.8 Å². The Morgan fingerprint density at radius 2 is 2.00 bits per heavy atom. The molecule has 1 aromatic carbocycles. The summed E-state index contributed by atoms with van der Waals surface area (Å²) in [6.45, 7) is 1.60. The van der Waals surface area contributed by atoms with Gasteiger partial charge in [0.25, 0.3) is 0 Å². The number of piperidine rings is 1. The first-order valence-electron chi connectivity index (χ1n) is 5.33. The van der Waals surface area contributed by atoms with Gasteiger partial charge in [-0.25, -0.2) is 0 Å². The summed E-state index contributed by atoms with van der Waals surface area (Å²) in [6.07, 6.45) is 2.57. The van der Waals surface area contributed by atoms with Crippen molar-refractivity contribution < 1.29 is 4.79 Å². The highest BCUT2D eigenvalue weighted by atomic mass is 35.5. The lowest BCUT2D eigenvalue weighted by molar-refractivity contribution is -0.117. The second kappa shape index (κ2) is 4.81. The minimum atomic E-state index is 0.257. The lowest BCUT2D eigenvalue weighted by Crippen LogP contribution is -2.32. The van der Waals surface area contributed by atoms with E-state index in [4.69, 9.17) is 11.6 Å². The van der Waals surface area contributed by atoms with Crippen molar-refractivity contribution in [3.8, 4) is 0 Å². The Bertz CT molecular complexity index is 422. The number of likely N-dealkylation sites (N-methyl/N-ethyl adjacent to an activating group) is 1. The van der Waals surface area contributed by atoms with Gasteiger partial charge in [-0.1, -0.05) is 23.7 Å². The van der Waals surface area contributed by atoms with E-state index in [9.17, 15) is 4.79 Å². The number of benzene rings is 1. The number of likely N-dealkylation sites (tertiary alicyclic amines) is 1. The van der Waals surface area contributed by atoms with Crippen LogP contribution < -0.4 is 0 Å². The number of carbonyl (C=O) groups excluding carboxylic acids is 1. The van der Waals surface area contributed by atoms with Crippen LogP contribution in [0.25, 0.3) is 6.08 Å². The van der Waals surface area contributed by atoms with Crippen molar-refractivity contribution in [3.63, 3.8) is 0 Å². The number of Topliss-reactive ketones (excluding diaryl/α,β-unsaturated/α-hetero) is 1. The fourth-order valence-corrected chi connectivity index (χ4v) is 1.92. The van der Waals surface area contributed by atoms with Gasteiger partial charge in [0.1, 0.15) is 0 Å². The van der Waals surface area contributed by atoms with E-state index >= 15 is 0 Å². The Kier molecular flexibility index (Phi) is 3.42. The molecule has 84 valence electrons. The molecular weight excluding hydrogens is 222 g/mol. The highest BCUT2D eigenvalue weighted by Gasteiger charge is 2.18. The van der Waals surface area contributed by atoms with E-state index < -0.39 is 0 Å². The zero-order chi connectivity index (χ0) is 11.5. The third-order valence-electron chi connectivity index (χ3n) is 2.73. The summed E-state index contributed by atoms with van der Waals surface area (Å²) in [5.74, 6) is 0.257. The maximum absolute atomic E-state index is 11.7. The first kappa shape index (κ1) is 11.4. The van der Waals surface area contributed by atoms with Crippen LogP contribution in [0.3, 0.4) is 0 Å². The SMILES string of the molecule is CN1CCC(=O)/C(=C/c2ccc(Cl)cc2)C1. The van der Waals surface area contributed by atoms with Crippen LogP contribution in [0, 0.1) is 0 Å². The molecule has 0 unspecified atom stereocenters. The highest BCUT2D eigenvalue weighted by Crippen LogP contribution is 2.16. The van der Waals surface area contributed by atoms with Gasteiger partial charge in [-0.2, -0.15) is 0 Å². The van der Waals surface area contributed by atoms with Gasteiger partial charge in [-0.05, 0) is 30.8 Å². The average Bonchev–Trinajstić information content (AvgIpc) is 2.27. The van der Waals surface area contributed by atoms with Crippen LogP contribution in [0.5, 0.6) is 0 Å². The fourth-order valence-electron chi connectivity index (χ4n) is 1.80. The minimum absolute atomic E-state index is 0.257. The van der Waals surface area contributed by atoms with Crippen molar-refractivity contribution >= 4 is 23.5 Å². The van der Waals surface area contributed by atoms with Crippen LogP contribution in [0.2, 0.25) is 5.02 Å². The summed E-state index contributed by atoms with van der Waals surface area (Å²) >= 11 is 5.81. The molecule has 0 atom stereocenters. The molecule has 1 heterocycles. The van der Waals surface area contributed by atoms with Crippen molar-refractivity contribution in [2.45, 2.75) is 6.42 Å². The molecule has 0 N–H and O–H groups in total. The molecule has 16 heavy (non-hydrogen) atoms.